The maximum Gasteiger partial charge on any atom is 0.137 e. The predicted octanol–water partition coefficient (Wildman–Crippen LogP) is 3.53. The molecule has 1 atom stereocenters. The fourth-order valence-corrected chi connectivity index (χ4v) is 2.12. The van der Waals surface area contributed by atoms with E-state index in [2.05, 4.69) is 0 Å². The Bertz CT molecular complexity index is 571. The van der Waals surface area contributed by atoms with Gasteiger partial charge in [-0.15, -0.1) is 0 Å². The lowest BCUT2D eigenvalue weighted by molar-refractivity contribution is 0.407. The molecule has 0 aliphatic rings. The number of hydrogen-bond donors (Lipinski definition) is 1. The summed E-state index contributed by atoms with van der Waals surface area (Å²) in [6.45, 7) is 1.91. The first-order valence-electron chi connectivity index (χ1n) is 6.39. The van der Waals surface area contributed by atoms with Crippen LogP contribution >= 0.6 is 0 Å². The average Bonchev–Trinajstić information content (AvgIpc) is 2.39. The summed E-state index contributed by atoms with van der Waals surface area (Å²) in [5, 5.41) is 0. The zero-order chi connectivity index (χ0) is 14.7. The van der Waals surface area contributed by atoms with Crippen molar-refractivity contribution in [2.45, 2.75) is 19.4 Å². The second kappa shape index (κ2) is 6.01. The van der Waals surface area contributed by atoms with E-state index in [0.29, 0.717) is 5.56 Å². The van der Waals surface area contributed by atoms with Crippen molar-refractivity contribution < 1.29 is 13.5 Å². The van der Waals surface area contributed by atoms with Gasteiger partial charge < -0.3 is 10.5 Å². The molecule has 0 heterocycles. The van der Waals surface area contributed by atoms with E-state index in [0.717, 1.165) is 12.0 Å². The first kappa shape index (κ1) is 14.5. The second-order valence-electron chi connectivity index (χ2n) is 4.84. The van der Waals surface area contributed by atoms with Gasteiger partial charge in [0.15, 0.2) is 0 Å². The van der Waals surface area contributed by atoms with Crippen LogP contribution in [0.3, 0.4) is 0 Å². The Balaban J connectivity index is 2.37. The Labute approximate surface area is 117 Å². The van der Waals surface area contributed by atoms with Crippen LogP contribution in [0.25, 0.3) is 11.1 Å². The molecule has 106 valence electrons. The summed E-state index contributed by atoms with van der Waals surface area (Å²) in [5.74, 6) is -1.11. The molecular weight excluding hydrogens is 260 g/mol. The van der Waals surface area contributed by atoms with Crippen LogP contribution in [0.5, 0.6) is 5.75 Å². The molecule has 2 aromatic rings. The highest BCUT2D eigenvalue weighted by Gasteiger charge is 2.13. The highest BCUT2D eigenvalue weighted by atomic mass is 19.1. The molecule has 20 heavy (non-hydrogen) atoms. The summed E-state index contributed by atoms with van der Waals surface area (Å²) in [6.07, 6.45) is 0.730. The van der Waals surface area contributed by atoms with Gasteiger partial charge in [0, 0.05) is 18.2 Å². The quantitative estimate of drug-likeness (QED) is 0.928. The number of nitrogens with two attached hydrogens (primary N) is 1. The highest BCUT2D eigenvalue weighted by Crippen LogP contribution is 2.29. The topological polar surface area (TPSA) is 35.2 Å². The Kier molecular flexibility index (Phi) is 4.35. The van der Waals surface area contributed by atoms with Crippen molar-refractivity contribution in [3.05, 3.63) is 53.6 Å². The Morgan fingerprint density at radius 3 is 2.10 bits per heavy atom. The van der Waals surface area contributed by atoms with Crippen molar-refractivity contribution in [3.8, 4) is 16.9 Å². The van der Waals surface area contributed by atoms with Crippen LogP contribution in [0.15, 0.2) is 36.4 Å². The van der Waals surface area contributed by atoms with Gasteiger partial charge >= 0.3 is 0 Å². The Morgan fingerprint density at radius 1 is 1.10 bits per heavy atom. The largest absolute Gasteiger partial charge is 0.497 e. The van der Waals surface area contributed by atoms with Gasteiger partial charge in [0.1, 0.15) is 17.4 Å². The lowest BCUT2D eigenvalue weighted by Gasteiger charge is -2.10. The number of methoxy groups -OCH3 is 1. The number of rotatable bonds is 4. The smallest absolute Gasteiger partial charge is 0.137 e. The summed E-state index contributed by atoms with van der Waals surface area (Å²) in [5.41, 5.74) is 7.21. The molecule has 0 fully saturated rings. The van der Waals surface area contributed by atoms with Crippen molar-refractivity contribution >= 4 is 0 Å². The fraction of sp³-hybridized carbons (Fsp3) is 0.250. The normalized spacial score (nSPS) is 12.2. The molecule has 0 saturated heterocycles. The van der Waals surface area contributed by atoms with Crippen LogP contribution in [-0.4, -0.2) is 13.2 Å². The van der Waals surface area contributed by atoms with E-state index >= 15 is 0 Å². The lowest BCUT2D eigenvalue weighted by Crippen LogP contribution is -2.17. The van der Waals surface area contributed by atoms with Crippen molar-refractivity contribution in [2.24, 2.45) is 5.73 Å². The Hall–Kier alpha value is -1.94. The predicted molar refractivity (Wildman–Crippen MR) is 75.7 cm³/mol. The van der Waals surface area contributed by atoms with Crippen molar-refractivity contribution in [1.29, 1.82) is 0 Å². The minimum Gasteiger partial charge on any atom is -0.497 e. The standard InChI is InChI=1S/C16H17F2NO/c1-10(19)7-11-3-5-12(6-4-11)16-14(17)8-13(20-2)9-15(16)18/h3-6,8-10H,7,19H2,1-2H3. The molecule has 2 rings (SSSR count). The average molecular weight is 277 g/mol. The van der Waals surface area contributed by atoms with Crippen LogP contribution in [0, 0.1) is 11.6 Å². The molecule has 0 aliphatic heterocycles. The third kappa shape index (κ3) is 3.14. The summed E-state index contributed by atoms with van der Waals surface area (Å²) in [6, 6.07) is 9.47. The zero-order valence-corrected chi connectivity index (χ0v) is 11.5. The van der Waals surface area contributed by atoms with Crippen LogP contribution < -0.4 is 10.5 Å². The monoisotopic (exact) mass is 277 g/mol. The van der Waals surface area contributed by atoms with E-state index in [-0.39, 0.29) is 17.4 Å². The number of hydrogen-bond acceptors (Lipinski definition) is 2. The van der Waals surface area contributed by atoms with Gasteiger partial charge in [-0.2, -0.15) is 0 Å². The van der Waals surface area contributed by atoms with Gasteiger partial charge in [-0.05, 0) is 24.5 Å². The molecule has 0 saturated carbocycles. The van der Waals surface area contributed by atoms with E-state index < -0.39 is 11.6 Å². The molecule has 2 nitrogen and oxygen atoms in total. The molecule has 0 aliphatic carbocycles. The fourth-order valence-electron chi connectivity index (χ4n) is 2.12. The van der Waals surface area contributed by atoms with E-state index in [1.165, 1.54) is 19.2 Å². The molecule has 0 radical (unpaired) electrons. The molecule has 0 spiro atoms. The lowest BCUT2D eigenvalue weighted by atomic mass is 10.0. The van der Waals surface area contributed by atoms with E-state index in [4.69, 9.17) is 10.5 Å². The van der Waals surface area contributed by atoms with E-state index in [1.807, 2.05) is 19.1 Å². The van der Waals surface area contributed by atoms with Crippen molar-refractivity contribution in [3.63, 3.8) is 0 Å². The molecule has 0 amide bonds. The Morgan fingerprint density at radius 2 is 1.65 bits per heavy atom. The molecule has 1 unspecified atom stereocenters. The second-order valence-corrected chi connectivity index (χ2v) is 4.84. The summed E-state index contributed by atoms with van der Waals surface area (Å²) in [7, 11) is 1.37. The third-order valence-corrected chi connectivity index (χ3v) is 3.05. The minimum absolute atomic E-state index is 0.0434. The van der Waals surface area contributed by atoms with Gasteiger partial charge in [0.2, 0.25) is 0 Å². The van der Waals surface area contributed by atoms with Crippen LogP contribution in [0.1, 0.15) is 12.5 Å². The maximum absolute atomic E-state index is 14.0. The molecule has 0 aromatic heterocycles. The van der Waals surface area contributed by atoms with Crippen molar-refractivity contribution in [1.82, 2.24) is 0 Å². The molecule has 2 N–H and O–H groups in total. The first-order valence-corrected chi connectivity index (χ1v) is 6.39. The SMILES string of the molecule is COc1cc(F)c(-c2ccc(CC(C)N)cc2)c(F)c1. The maximum atomic E-state index is 14.0. The number of halogens is 2. The van der Waals surface area contributed by atoms with Gasteiger partial charge in [0.25, 0.3) is 0 Å². The van der Waals surface area contributed by atoms with E-state index in [9.17, 15) is 8.78 Å². The van der Waals surface area contributed by atoms with Gasteiger partial charge in [-0.1, -0.05) is 24.3 Å². The van der Waals surface area contributed by atoms with Crippen molar-refractivity contribution in [2.75, 3.05) is 7.11 Å². The number of ether oxygens (including phenoxy) is 1. The van der Waals surface area contributed by atoms with Crippen LogP contribution in [0.2, 0.25) is 0 Å². The van der Waals surface area contributed by atoms with E-state index in [1.54, 1.807) is 12.1 Å². The summed E-state index contributed by atoms with van der Waals surface area (Å²) >= 11 is 0. The molecular formula is C16H17F2NO. The van der Waals surface area contributed by atoms with Gasteiger partial charge in [-0.3, -0.25) is 0 Å². The minimum atomic E-state index is -0.637. The first-order chi connectivity index (χ1) is 9.51. The van der Waals surface area contributed by atoms with Crippen LogP contribution in [0.4, 0.5) is 8.78 Å². The molecule has 0 bridgehead atoms. The van der Waals surface area contributed by atoms with Gasteiger partial charge in [0.05, 0.1) is 12.7 Å². The van der Waals surface area contributed by atoms with Gasteiger partial charge in [-0.25, -0.2) is 8.78 Å². The highest BCUT2D eigenvalue weighted by molar-refractivity contribution is 5.66. The summed E-state index contributed by atoms with van der Waals surface area (Å²) in [4.78, 5) is 0. The molecule has 2 aromatic carbocycles. The number of benzene rings is 2. The van der Waals surface area contributed by atoms with Crippen LogP contribution in [-0.2, 0) is 6.42 Å². The summed E-state index contributed by atoms with van der Waals surface area (Å²) < 4.78 is 32.7. The molecule has 4 heteroatoms. The zero-order valence-electron chi connectivity index (χ0n) is 11.5. The third-order valence-electron chi connectivity index (χ3n) is 3.05.